The molecule has 3 heteroatoms. The molecule has 0 aromatic carbocycles. The molecule has 0 heterocycles. The maximum Gasteiger partial charge on any atom is 0.256 e. The van der Waals surface area contributed by atoms with E-state index in [1.165, 1.54) is 0 Å². The molecule has 0 bridgehead atoms. The van der Waals surface area contributed by atoms with Gasteiger partial charge in [-0.1, -0.05) is 13.8 Å². The van der Waals surface area contributed by atoms with E-state index in [4.69, 9.17) is 5.73 Å². The monoisotopic (exact) mass is 231 g/mol. The van der Waals surface area contributed by atoms with Crippen molar-refractivity contribution in [3.63, 3.8) is 0 Å². The van der Waals surface area contributed by atoms with Gasteiger partial charge in [-0.2, -0.15) is 0 Å². The lowest BCUT2D eigenvalue weighted by molar-refractivity contribution is 0.0252. The summed E-state index contributed by atoms with van der Waals surface area (Å²) in [4.78, 5) is 0. The van der Waals surface area contributed by atoms with Crippen LogP contribution in [0.4, 0.5) is 8.78 Å². The zero-order valence-corrected chi connectivity index (χ0v) is 10.3. The Balaban J connectivity index is 1.95. The first-order chi connectivity index (χ1) is 7.43. The molecule has 16 heavy (non-hydrogen) atoms. The van der Waals surface area contributed by atoms with Crippen LogP contribution in [0, 0.1) is 23.2 Å². The number of alkyl halides is 2. The molecule has 0 aliphatic heterocycles. The summed E-state index contributed by atoms with van der Waals surface area (Å²) < 4.78 is 26.8. The zero-order valence-electron chi connectivity index (χ0n) is 10.3. The van der Waals surface area contributed by atoms with Gasteiger partial charge >= 0.3 is 0 Å². The quantitative estimate of drug-likeness (QED) is 0.791. The van der Waals surface area contributed by atoms with Crippen molar-refractivity contribution in [2.45, 2.75) is 51.9 Å². The van der Waals surface area contributed by atoms with Gasteiger partial charge in [0.2, 0.25) is 0 Å². The van der Waals surface area contributed by atoms with Crippen molar-refractivity contribution >= 4 is 0 Å². The summed E-state index contributed by atoms with van der Waals surface area (Å²) in [7, 11) is 0. The predicted octanol–water partition coefficient (Wildman–Crippen LogP) is 3.43. The van der Waals surface area contributed by atoms with Crippen molar-refractivity contribution in [1.29, 1.82) is 0 Å². The molecule has 94 valence electrons. The number of nitrogens with two attached hydrogens (primary N) is 1. The Morgan fingerprint density at radius 2 is 1.69 bits per heavy atom. The van der Waals surface area contributed by atoms with Gasteiger partial charge in [-0.15, -0.1) is 0 Å². The van der Waals surface area contributed by atoms with E-state index >= 15 is 0 Å². The van der Waals surface area contributed by atoms with Crippen molar-refractivity contribution in [2.24, 2.45) is 28.9 Å². The number of hydrogen-bond acceptors (Lipinski definition) is 1. The summed E-state index contributed by atoms with van der Waals surface area (Å²) in [5.41, 5.74) is 4.77. The Bertz CT molecular complexity index is 257. The molecule has 0 saturated heterocycles. The Morgan fingerprint density at radius 3 is 2.00 bits per heavy atom. The fourth-order valence-electron chi connectivity index (χ4n) is 3.52. The summed E-state index contributed by atoms with van der Waals surface area (Å²) >= 11 is 0. The molecule has 2 N–H and O–H groups in total. The maximum absolute atomic E-state index is 13.4. The Kier molecular flexibility index (Phi) is 3.02. The topological polar surface area (TPSA) is 26.0 Å². The highest BCUT2D eigenvalue weighted by molar-refractivity contribution is 5.14. The van der Waals surface area contributed by atoms with Crippen LogP contribution in [-0.4, -0.2) is 12.5 Å². The second-order valence-corrected chi connectivity index (χ2v) is 6.10. The van der Waals surface area contributed by atoms with Gasteiger partial charge in [0.25, 0.3) is 5.92 Å². The molecule has 1 nitrogen and oxygen atoms in total. The van der Waals surface area contributed by atoms with Crippen LogP contribution in [0.15, 0.2) is 0 Å². The minimum absolute atomic E-state index is 0.0352. The van der Waals surface area contributed by atoms with Gasteiger partial charge in [-0.25, -0.2) is 8.78 Å². The summed E-state index contributed by atoms with van der Waals surface area (Å²) in [6.45, 7) is 4.63. The predicted molar refractivity (Wildman–Crippen MR) is 61.3 cm³/mol. The second kappa shape index (κ2) is 3.94. The summed E-state index contributed by atoms with van der Waals surface area (Å²) in [6, 6.07) is 0. The van der Waals surface area contributed by atoms with E-state index in [-0.39, 0.29) is 18.9 Å². The lowest BCUT2D eigenvalue weighted by Crippen LogP contribution is -2.34. The Hall–Kier alpha value is -0.180. The molecule has 0 spiro atoms. The SMILES string of the molecule is CC(C)C1CCC(C2(CN)CC2(F)F)CC1. The van der Waals surface area contributed by atoms with E-state index in [0.717, 1.165) is 31.6 Å². The third-order valence-electron chi connectivity index (χ3n) is 5.00. The molecule has 2 aliphatic rings. The molecule has 1 atom stereocenters. The van der Waals surface area contributed by atoms with Crippen LogP contribution in [0.2, 0.25) is 0 Å². The number of hydrogen-bond donors (Lipinski definition) is 1. The van der Waals surface area contributed by atoms with Crippen LogP contribution in [0.5, 0.6) is 0 Å². The normalized spacial score (nSPS) is 42.4. The Morgan fingerprint density at radius 1 is 1.19 bits per heavy atom. The lowest BCUT2D eigenvalue weighted by Gasteiger charge is -2.35. The van der Waals surface area contributed by atoms with Gasteiger partial charge in [0.15, 0.2) is 0 Å². The van der Waals surface area contributed by atoms with E-state index in [1.807, 2.05) is 0 Å². The highest BCUT2D eigenvalue weighted by Crippen LogP contribution is 2.66. The molecular weight excluding hydrogens is 208 g/mol. The maximum atomic E-state index is 13.4. The van der Waals surface area contributed by atoms with Crippen molar-refractivity contribution in [1.82, 2.24) is 0 Å². The largest absolute Gasteiger partial charge is 0.330 e. The molecule has 1 unspecified atom stereocenters. The fourth-order valence-corrected chi connectivity index (χ4v) is 3.52. The number of rotatable bonds is 3. The third-order valence-corrected chi connectivity index (χ3v) is 5.00. The van der Waals surface area contributed by atoms with Crippen LogP contribution in [0.3, 0.4) is 0 Å². The van der Waals surface area contributed by atoms with Crippen LogP contribution in [0.1, 0.15) is 46.0 Å². The average Bonchev–Trinajstić information content (AvgIpc) is 2.82. The average molecular weight is 231 g/mol. The Labute approximate surface area is 96.8 Å². The number of halogens is 2. The molecular formula is C13H23F2N. The molecule has 0 aromatic heterocycles. The zero-order chi connectivity index (χ0) is 12.0. The molecule has 2 fully saturated rings. The fraction of sp³-hybridized carbons (Fsp3) is 1.00. The second-order valence-electron chi connectivity index (χ2n) is 6.10. The van der Waals surface area contributed by atoms with Gasteiger partial charge < -0.3 is 5.73 Å². The molecule has 2 aliphatic carbocycles. The minimum atomic E-state index is -2.48. The van der Waals surface area contributed by atoms with Gasteiger partial charge in [-0.3, -0.25) is 0 Å². The first-order valence-electron chi connectivity index (χ1n) is 6.51. The first kappa shape index (κ1) is 12.3. The van der Waals surface area contributed by atoms with Crippen molar-refractivity contribution in [2.75, 3.05) is 6.54 Å². The van der Waals surface area contributed by atoms with E-state index in [1.54, 1.807) is 0 Å². The van der Waals surface area contributed by atoms with E-state index in [9.17, 15) is 8.78 Å². The van der Waals surface area contributed by atoms with Crippen molar-refractivity contribution < 1.29 is 8.78 Å². The molecule has 2 rings (SSSR count). The summed E-state index contributed by atoms with van der Waals surface area (Å²) in [5.74, 6) is -0.882. The van der Waals surface area contributed by atoms with E-state index in [0.29, 0.717) is 5.92 Å². The van der Waals surface area contributed by atoms with Crippen LogP contribution < -0.4 is 5.73 Å². The van der Waals surface area contributed by atoms with Crippen LogP contribution in [0.25, 0.3) is 0 Å². The van der Waals surface area contributed by atoms with Gasteiger partial charge in [0, 0.05) is 13.0 Å². The molecule has 2 saturated carbocycles. The molecule has 0 aromatic rings. The summed E-state index contributed by atoms with van der Waals surface area (Å²) in [6.07, 6.45) is 4.17. The molecule has 0 amide bonds. The van der Waals surface area contributed by atoms with E-state index < -0.39 is 11.3 Å². The molecule has 0 radical (unpaired) electrons. The van der Waals surface area contributed by atoms with Gasteiger partial charge in [0.05, 0.1) is 5.41 Å². The van der Waals surface area contributed by atoms with Crippen molar-refractivity contribution in [3.05, 3.63) is 0 Å². The van der Waals surface area contributed by atoms with Crippen LogP contribution >= 0.6 is 0 Å². The highest BCUT2D eigenvalue weighted by Gasteiger charge is 2.72. The smallest absolute Gasteiger partial charge is 0.256 e. The summed E-state index contributed by atoms with van der Waals surface area (Å²) in [5, 5.41) is 0. The van der Waals surface area contributed by atoms with Gasteiger partial charge in [-0.05, 0) is 43.4 Å². The van der Waals surface area contributed by atoms with Gasteiger partial charge in [0.1, 0.15) is 0 Å². The highest BCUT2D eigenvalue weighted by atomic mass is 19.3. The lowest BCUT2D eigenvalue weighted by atomic mass is 9.71. The minimum Gasteiger partial charge on any atom is -0.330 e. The van der Waals surface area contributed by atoms with E-state index in [2.05, 4.69) is 13.8 Å². The first-order valence-corrected chi connectivity index (χ1v) is 6.51. The van der Waals surface area contributed by atoms with Crippen molar-refractivity contribution in [3.8, 4) is 0 Å². The third kappa shape index (κ3) is 1.77. The standard InChI is InChI=1S/C13H23F2N/c1-9(2)10-3-5-11(6-4-10)12(8-16)7-13(12,14)15/h9-11H,3-8,16H2,1-2H3. The van der Waals surface area contributed by atoms with Crippen LogP contribution in [-0.2, 0) is 0 Å².